The van der Waals surface area contributed by atoms with E-state index in [9.17, 15) is 4.79 Å². The molecule has 1 aromatic rings. The lowest BCUT2D eigenvalue weighted by atomic mass is 10.00. The summed E-state index contributed by atoms with van der Waals surface area (Å²) in [6.07, 6.45) is 1.11. The number of halogens is 1. The molecule has 1 aromatic carbocycles. The fraction of sp³-hybridized carbons (Fsp3) is 0.579. The molecule has 0 atom stereocenters. The van der Waals surface area contributed by atoms with Crippen molar-refractivity contribution >= 4 is 35.8 Å². The van der Waals surface area contributed by atoms with Gasteiger partial charge in [-0.1, -0.05) is 24.3 Å². The second-order valence-electron chi connectivity index (χ2n) is 7.45. The number of aliphatic imine (C=N–C) groups is 1. The first-order chi connectivity index (χ1) is 11.9. The predicted molar refractivity (Wildman–Crippen MR) is 118 cm³/mol. The molecule has 0 saturated heterocycles. The van der Waals surface area contributed by atoms with Gasteiger partial charge >= 0.3 is 0 Å². The van der Waals surface area contributed by atoms with Crippen LogP contribution in [0.5, 0.6) is 0 Å². The highest BCUT2D eigenvalue weighted by molar-refractivity contribution is 14.0. The second-order valence-corrected chi connectivity index (χ2v) is 7.45. The van der Waals surface area contributed by atoms with Gasteiger partial charge in [-0.05, 0) is 38.3 Å². The molecule has 1 amide bonds. The van der Waals surface area contributed by atoms with Gasteiger partial charge in [0.25, 0.3) is 0 Å². The van der Waals surface area contributed by atoms with Gasteiger partial charge in [0.15, 0.2) is 5.96 Å². The predicted octanol–water partition coefficient (Wildman–Crippen LogP) is 1.74. The highest BCUT2D eigenvalue weighted by Gasteiger charge is 2.16. The number of carbonyl (C=O) groups excluding carboxylic acids is 1. The monoisotopic (exact) mass is 473 g/mol. The number of rotatable bonds is 5. The van der Waals surface area contributed by atoms with Crippen molar-refractivity contribution in [2.45, 2.75) is 39.3 Å². The molecule has 1 aliphatic heterocycles. The number of amides is 1. The summed E-state index contributed by atoms with van der Waals surface area (Å²) in [7, 11) is 1.72. The van der Waals surface area contributed by atoms with Crippen LogP contribution in [0.1, 0.15) is 31.9 Å². The molecule has 1 aliphatic rings. The molecule has 0 unspecified atom stereocenters. The fourth-order valence-corrected chi connectivity index (χ4v) is 2.92. The Morgan fingerprint density at radius 3 is 2.54 bits per heavy atom. The van der Waals surface area contributed by atoms with Crippen molar-refractivity contribution in [3.63, 3.8) is 0 Å². The molecule has 0 bridgehead atoms. The summed E-state index contributed by atoms with van der Waals surface area (Å²) >= 11 is 0. The minimum atomic E-state index is -0.222. The van der Waals surface area contributed by atoms with E-state index in [0.29, 0.717) is 5.96 Å². The summed E-state index contributed by atoms with van der Waals surface area (Å²) in [6.45, 7) is 9.94. The minimum absolute atomic E-state index is 0. The fourth-order valence-electron chi connectivity index (χ4n) is 2.92. The highest BCUT2D eigenvalue weighted by Crippen LogP contribution is 2.17. The molecule has 3 N–H and O–H groups in total. The van der Waals surface area contributed by atoms with Gasteiger partial charge in [0.2, 0.25) is 5.91 Å². The van der Waals surface area contributed by atoms with E-state index < -0.39 is 0 Å². The number of nitrogens with one attached hydrogen (secondary N) is 3. The van der Waals surface area contributed by atoms with Crippen LogP contribution in [0.25, 0.3) is 0 Å². The SMILES string of the molecule is CN=C(NCCN1CCc2ccccc2C1)NCC(=O)NC(C)(C)C.I. The number of guanidine groups is 1. The Labute approximate surface area is 174 Å². The number of hydrogen-bond donors (Lipinski definition) is 3. The molecule has 7 heteroatoms. The van der Waals surface area contributed by atoms with E-state index >= 15 is 0 Å². The van der Waals surface area contributed by atoms with Crippen LogP contribution < -0.4 is 16.0 Å². The van der Waals surface area contributed by atoms with Crippen molar-refractivity contribution < 1.29 is 4.79 Å². The van der Waals surface area contributed by atoms with Gasteiger partial charge in [0, 0.05) is 38.8 Å². The van der Waals surface area contributed by atoms with Gasteiger partial charge < -0.3 is 16.0 Å². The van der Waals surface area contributed by atoms with Crippen molar-refractivity contribution in [2.75, 3.05) is 33.2 Å². The third-order valence-corrected chi connectivity index (χ3v) is 4.08. The maximum absolute atomic E-state index is 11.9. The molecular weight excluding hydrogens is 441 g/mol. The molecule has 0 aromatic heterocycles. The van der Waals surface area contributed by atoms with Crippen LogP contribution in [-0.2, 0) is 17.8 Å². The van der Waals surface area contributed by atoms with Gasteiger partial charge in [0.05, 0.1) is 6.54 Å². The van der Waals surface area contributed by atoms with Gasteiger partial charge in [0.1, 0.15) is 0 Å². The third kappa shape index (κ3) is 7.90. The Bertz CT molecular complexity index is 612. The minimum Gasteiger partial charge on any atom is -0.355 e. The summed E-state index contributed by atoms with van der Waals surface area (Å²) in [5, 5.41) is 9.25. The second kappa shape index (κ2) is 10.7. The molecule has 146 valence electrons. The Hall–Kier alpha value is -1.35. The first kappa shape index (κ1) is 22.7. The molecular formula is C19H32IN5O. The van der Waals surface area contributed by atoms with Crippen LogP contribution in [0.3, 0.4) is 0 Å². The van der Waals surface area contributed by atoms with E-state index in [1.807, 2.05) is 20.8 Å². The summed E-state index contributed by atoms with van der Waals surface area (Å²) < 4.78 is 0. The number of nitrogens with zero attached hydrogens (tertiary/aromatic N) is 2. The molecule has 0 spiro atoms. The quantitative estimate of drug-likeness (QED) is 0.346. The lowest BCUT2D eigenvalue weighted by molar-refractivity contribution is -0.121. The number of benzene rings is 1. The largest absolute Gasteiger partial charge is 0.355 e. The highest BCUT2D eigenvalue weighted by atomic mass is 127. The lowest BCUT2D eigenvalue weighted by Gasteiger charge is -2.28. The molecule has 0 fully saturated rings. The Balaban J connectivity index is 0.00000338. The normalized spacial score (nSPS) is 14.8. The van der Waals surface area contributed by atoms with E-state index in [-0.39, 0.29) is 42.0 Å². The molecule has 6 nitrogen and oxygen atoms in total. The van der Waals surface area contributed by atoms with E-state index in [1.165, 1.54) is 11.1 Å². The van der Waals surface area contributed by atoms with Crippen molar-refractivity contribution in [2.24, 2.45) is 4.99 Å². The Morgan fingerprint density at radius 1 is 1.19 bits per heavy atom. The van der Waals surface area contributed by atoms with Crippen LogP contribution in [0.4, 0.5) is 0 Å². The summed E-state index contributed by atoms with van der Waals surface area (Å²) in [5.41, 5.74) is 2.67. The summed E-state index contributed by atoms with van der Waals surface area (Å²) in [6, 6.07) is 8.65. The zero-order valence-electron chi connectivity index (χ0n) is 16.3. The van der Waals surface area contributed by atoms with E-state index in [0.717, 1.165) is 32.6 Å². The standard InChI is InChI=1S/C19H31N5O.HI/c1-19(2,3)23-17(25)13-22-18(20-4)21-10-12-24-11-9-15-7-5-6-8-16(15)14-24;/h5-8H,9-14H2,1-4H3,(H,23,25)(H2,20,21,22);1H. The molecule has 2 rings (SSSR count). The number of carbonyl (C=O) groups is 1. The molecule has 0 aliphatic carbocycles. The lowest BCUT2D eigenvalue weighted by Crippen LogP contribution is -2.49. The van der Waals surface area contributed by atoms with Crippen LogP contribution in [0.15, 0.2) is 29.3 Å². The maximum Gasteiger partial charge on any atom is 0.239 e. The van der Waals surface area contributed by atoms with E-state index in [4.69, 9.17) is 0 Å². The smallest absolute Gasteiger partial charge is 0.239 e. The summed E-state index contributed by atoms with van der Waals surface area (Å²) in [5.74, 6) is 0.615. The zero-order chi connectivity index (χ0) is 18.3. The molecule has 0 saturated carbocycles. The first-order valence-corrected chi connectivity index (χ1v) is 8.92. The molecule has 0 radical (unpaired) electrons. The van der Waals surface area contributed by atoms with Crippen LogP contribution >= 0.6 is 24.0 Å². The average Bonchev–Trinajstić information content (AvgIpc) is 2.56. The van der Waals surface area contributed by atoms with Crippen molar-refractivity contribution in [1.29, 1.82) is 0 Å². The van der Waals surface area contributed by atoms with Gasteiger partial charge in [-0.3, -0.25) is 14.7 Å². The van der Waals surface area contributed by atoms with E-state index in [2.05, 4.69) is 50.1 Å². The van der Waals surface area contributed by atoms with Crippen molar-refractivity contribution in [3.8, 4) is 0 Å². The average molecular weight is 473 g/mol. The zero-order valence-corrected chi connectivity index (χ0v) is 18.6. The van der Waals surface area contributed by atoms with Gasteiger partial charge in [-0.2, -0.15) is 0 Å². The third-order valence-electron chi connectivity index (χ3n) is 4.08. The topological polar surface area (TPSA) is 68.8 Å². The number of fused-ring (bicyclic) bond motifs is 1. The van der Waals surface area contributed by atoms with Crippen molar-refractivity contribution in [3.05, 3.63) is 35.4 Å². The van der Waals surface area contributed by atoms with Gasteiger partial charge in [-0.25, -0.2) is 0 Å². The van der Waals surface area contributed by atoms with Crippen LogP contribution in [0, 0.1) is 0 Å². The Kier molecular flexibility index (Phi) is 9.35. The molecule has 1 heterocycles. The van der Waals surface area contributed by atoms with Crippen molar-refractivity contribution in [1.82, 2.24) is 20.9 Å². The maximum atomic E-state index is 11.9. The summed E-state index contributed by atoms with van der Waals surface area (Å²) in [4.78, 5) is 18.5. The molecule has 26 heavy (non-hydrogen) atoms. The Morgan fingerprint density at radius 2 is 1.88 bits per heavy atom. The van der Waals surface area contributed by atoms with Crippen LogP contribution in [-0.4, -0.2) is 55.5 Å². The van der Waals surface area contributed by atoms with Gasteiger partial charge in [-0.15, -0.1) is 24.0 Å². The number of hydrogen-bond acceptors (Lipinski definition) is 3. The first-order valence-electron chi connectivity index (χ1n) is 8.92. The van der Waals surface area contributed by atoms with E-state index in [1.54, 1.807) is 7.05 Å². The van der Waals surface area contributed by atoms with Crippen LogP contribution in [0.2, 0.25) is 0 Å².